The molecule has 0 radical (unpaired) electrons. The van der Waals surface area contributed by atoms with Crippen molar-refractivity contribution in [1.29, 1.82) is 5.26 Å². The number of carbonyl (C=O) groups excluding carboxylic acids is 1. The fourth-order valence-corrected chi connectivity index (χ4v) is 2.77. The van der Waals surface area contributed by atoms with E-state index < -0.39 is 5.54 Å². The van der Waals surface area contributed by atoms with Crippen molar-refractivity contribution in [1.82, 2.24) is 10.2 Å². The minimum Gasteiger partial charge on any atom is -0.334 e. The molecule has 1 heterocycles. The van der Waals surface area contributed by atoms with Crippen LogP contribution in [0, 0.1) is 11.3 Å². The molecule has 1 aromatic rings. The fourth-order valence-electron chi connectivity index (χ4n) is 2.24. The van der Waals surface area contributed by atoms with Crippen molar-refractivity contribution in [2.75, 3.05) is 20.1 Å². The maximum atomic E-state index is 12.3. The third-order valence-corrected chi connectivity index (χ3v) is 3.97. The third-order valence-electron chi connectivity index (χ3n) is 3.53. The molecule has 0 atom stereocenters. The summed E-state index contributed by atoms with van der Waals surface area (Å²) in [5, 5.41) is 13.0. The van der Waals surface area contributed by atoms with Gasteiger partial charge in [-0.2, -0.15) is 5.26 Å². The standard InChI is InChI=1S/C14H15Cl2N3O/c1-19-4-2-14(9-17,3-5-19)18-13(20)10-6-11(15)8-12(16)7-10/h6-8H,2-5H2,1H3,(H,18,20). The Morgan fingerprint density at radius 2 is 1.85 bits per heavy atom. The number of nitriles is 1. The molecule has 1 saturated heterocycles. The number of rotatable bonds is 2. The fraction of sp³-hybridized carbons (Fsp3) is 0.429. The summed E-state index contributed by atoms with van der Waals surface area (Å²) in [6.45, 7) is 1.56. The molecule has 0 spiro atoms. The van der Waals surface area contributed by atoms with Gasteiger partial charge < -0.3 is 10.2 Å². The van der Waals surface area contributed by atoms with Gasteiger partial charge in [0, 0.05) is 28.7 Å². The lowest BCUT2D eigenvalue weighted by atomic mass is 9.89. The average Bonchev–Trinajstić information content (AvgIpc) is 2.40. The van der Waals surface area contributed by atoms with Crippen LogP contribution in [0.15, 0.2) is 18.2 Å². The minimum atomic E-state index is -0.807. The van der Waals surface area contributed by atoms with E-state index in [0.717, 1.165) is 13.1 Å². The second-order valence-corrected chi connectivity index (χ2v) is 5.98. The molecular weight excluding hydrogens is 297 g/mol. The Morgan fingerprint density at radius 3 is 2.35 bits per heavy atom. The van der Waals surface area contributed by atoms with Crippen LogP contribution in [0.25, 0.3) is 0 Å². The molecular formula is C14H15Cl2N3O. The number of nitrogens with zero attached hydrogens (tertiary/aromatic N) is 2. The van der Waals surface area contributed by atoms with Crippen LogP contribution < -0.4 is 5.32 Å². The SMILES string of the molecule is CN1CCC(C#N)(NC(=O)c2cc(Cl)cc(Cl)c2)CC1. The Kier molecular flexibility index (Phi) is 4.54. The second kappa shape index (κ2) is 6.01. The molecule has 1 amide bonds. The van der Waals surface area contributed by atoms with Crippen LogP contribution >= 0.6 is 23.2 Å². The first-order valence-corrected chi connectivity index (χ1v) is 7.08. The van der Waals surface area contributed by atoms with E-state index in [-0.39, 0.29) is 5.91 Å². The van der Waals surface area contributed by atoms with Crippen LogP contribution in [0.5, 0.6) is 0 Å². The van der Waals surface area contributed by atoms with E-state index in [1.807, 2.05) is 7.05 Å². The largest absolute Gasteiger partial charge is 0.334 e. The van der Waals surface area contributed by atoms with E-state index in [1.165, 1.54) is 0 Å². The lowest BCUT2D eigenvalue weighted by Gasteiger charge is -2.36. The van der Waals surface area contributed by atoms with Gasteiger partial charge in [0.15, 0.2) is 0 Å². The first kappa shape index (κ1) is 15.1. The number of hydrogen-bond donors (Lipinski definition) is 1. The van der Waals surface area contributed by atoms with Crippen LogP contribution in [0.2, 0.25) is 10.0 Å². The van der Waals surface area contributed by atoms with Crippen molar-refractivity contribution < 1.29 is 4.79 Å². The molecule has 1 aliphatic heterocycles. The Bertz CT molecular complexity index is 540. The number of nitrogens with one attached hydrogen (secondary N) is 1. The zero-order chi connectivity index (χ0) is 14.8. The molecule has 0 unspecified atom stereocenters. The Morgan fingerprint density at radius 1 is 1.30 bits per heavy atom. The molecule has 1 fully saturated rings. The van der Waals surface area contributed by atoms with Gasteiger partial charge in [0.05, 0.1) is 6.07 Å². The number of amides is 1. The number of halogens is 2. The average molecular weight is 312 g/mol. The summed E-state index contributed by atoms with van der Waals surface area (Å²) in [6.07, 6.45) is 1.22. The van der Waals surface area contributed by atoms with Crippen molar-refractivity contribution in [2.45, 2.75) is 18.4 Å². The van der Waals surface area contributed by atoms with E-state index >= 15 is 0 Å². The van der Waals surface area contributed by atoms with E-state index in [1.54, 1.807) is 18.2 Å². The van der Waals surface area contributed by atoms with Gasteiger partial charge in [-0.3, -0.25) is 4.79 Å². The highest BCUT2D eigenvalue weighted by Crippen LogP contribution is 2.23. The van der Waals surface area contributed by atoms with Crippen LogP contribution in [0.1, 0.15) is 23.2 Å². The summed E-state index contributed by atoms with van der Waals surface area (Å²) >= 11 is 11.8. The lowest BCUT2D eigenvalue weighted by Crippen LogP contribution is -2.53. The predicted octanol–water partition coefficient (Wildman–Crippen LogP) is 2.71. The highest BCUT2D eigenvalue weighted by Gasteiger charge is 2.35. The summed E-state index contributed by atoms with van der Waals surface area (Å²) in [5.41, 5.74) is -0.436. The maximum absolute atomic E-state index is 12.3. The number of likely N-dealkylation sites (tertiary alicyclic amines) is 1. The number of hydrogen-bond acceptors (Lipinski definition) is 3. The highest BCUT2D eigenvalue weighted by molar-refractivity contribution is 6.35. The van der Waals surface area contributed by atoms with E-state index in [2.05, 4.69) is 16.3 Å². The Labute approximate surface area is 128 Å². The van der Waals surface area contributed by atoms with Crippen molar-refractivity contribution in [3.63, 3.8) is 0 Å². The number of benzene rings is 1. The Balaban J connectivity index is 2.16. The van der Waals surface area contributed by atoms with Gasteiger partial charge in [-0.25, -0.2) is 0 Å². The summed E-state index contributed by atoms with van der Waals surface area (Å²) in [4.78, 5) is 14.4. The third kappa shape index (κ3) is 3.43. The quantitative estimate of drug-likeness (QED) is 0.913. The minimum absolute atomic E-state index is 0.319. The van der Waals surface area contributed by atoms with Crippen LogP contribution in [0.3, 0.4) is 0 Å². The topological polar surface area (TPSA) is 56.1 Å². The zero-order valence-electron chi connectivity index (χ0n) is 11.1. The van der Waals surface area contributed by atoms with E-state index in [4.69, 9.17) is 23.2 Å². The van der Waals surface area contributed by atoms with Crippen molar-refractivity contribution in [2.24, 2.45) is 0 Å². The summed E-state index contributed by atoms with van der Waals surface area (Å²) < 4.78 is 0. The second-order valence-electron chi connectivity index (χ2n) is 5.11. The van der Waals surface area contributed by atoms with Gasteiger partial charge in [-0.15, -0.1) is 0 Å². The summed E-state index contributed by atoms with van der Waals surface area (Å²) in [5.74, 6) is -0.319. The zero-order valence-corrected chi connectivity index (χ0v) is 12.6. The molecule has 106 valence electrons. The first-order chi connectivity index (χ1) is 9.44. The van der Waals surface area contributed by atoms with Crippen LogP contribution in [-0.2, 0) is 0 Å². The molecule has 0 aliphatic carbocycles. The van der Waals surface area contributed by atoms with E-state index in [0.29, 0.717) is 28.5 Å². The van der Waals surface area contributed by atoms with Crippen molar-refractivity contribution in [3.05, 3.63) is 33.8 Å². The van der Waals surface area contributed by atoms with Gasteiger partial charge in [-0.05, 0) is 38.1 Å². The molecule has 2 rings (SSSR count). The van der Waals surface area contributed by atoms with Crippen molar-refractivity contribution in [3.8, 4) is 6.07 Å². The molecule has 20 heavy (non-hydrogen) atoms. The summed E-state index contributed by atoms with van der Waals surface area (Å²) in [7, 11) is 2.00. The van der Waals surface area contributed by atoms with E-state index in [9.17, 15) is 10.1 Å². The predicted molar refractivity (Wildman–Crippen MR) is 79.0 cm³/mol. The lowest BCUT2D eigenvalue weighted by molar-refractivity contribution is 0.0882. The smallest absolute Gasteiger partial charge is 0.252 e. The molecule has 0 aromatic heterocycles. The van der Waals surface area contributed by atoms with Gasteiger partial charge in [0.2, 0.25) is 0 Å². The molecule has 1 aliphatic rings. The molecule has 4 nitrogen and oxygen atoms in total. The van der Waals surface area contributed by atoms with Gasteiger partial charge in [0.25, 0.3) is 5.91 Å². The number of carbonyl (C=O) groups is 1. The normalized spacial score (nSPS) is 18.3. The van der Waals surface area contributed by atoms with Gasteiger partial charge in [-0.1, -0.05) is 23.2 Å². The monoisotopic (exact) mass is 311 g/mol. The Hall–Kier alpha value is -1.28. The maximum Gasteiger partial charge on any atom is 0.252 e. The molecule has 0 bridgehead atoms. The molecule has 6 heteroatoms. The summed E-state index contributed by atoms with van der Waals surface area (Å²) in [6, 6.07) is 6.90. The van der Waals surface area contributed by atoms with Crippen LogP contribution in [0.4, 0.5) is 0 Å². The number of piperidine rings is 1. The van der Waals surface area contributed by atoms with Crippen LogP contribution in [-0.4, -0.2) is 36.5 Å². The van der Waals surface area contributed by atoms with Crippen molar-refractivity contribution >= 4 is 29.1 Å². The first-order valence-electron chi connectivity index (χ1n) is 6.32. The molecule has 1 N–H and O–H groups in total. The highest BCUT2D eigenvalue weighted by atomic mass is 35.5. The molecule has 0 saturated carbocycles. The van der Waals surface area contributed by atoms with Gasteiger partial charge >= 0.3 is 0 Å². The molecule has 1 aromatic carbocycles. The van der Waals surface area contributed by atoms with Gasteiger partial charge in [0.1, 0.15) is 5.54 Å².